The van der Waals surface area contributed by atoms with E-state index < -0.39 is 11.5 Å². The highest BCUT2D eigenvalue weighted by molar-refractivity contribution is 8.18. The van der Waals surface area contributed by atoms with E-state index in [1.54, 1.807) is 25.3 Å². The van der Waals surface area contributed by atoms with Crippen LogP contribution in [0.1, 0.15) is 73.3 Å². The van der Waals surface area contributed by atoms with Crippen LogP contribution >= 0.6 is 11.8 Å². The summed E-state index contributed by atoms with van der Waals surface area (Å²) in [6, 6.07) is 7.61. The maximum absolute atomic E-state index is 11.9. The zero-order chi connectivity index (χ0) is 29.6. The van der Waals surface area contributed by atoms with Crippen LogP contribution in [0.5, 0.6) is 23.0 Å². The zero-order valence-electron chi connectivity index (χ0n) is 24.5. The van der Waals surface area contributed by atoms with Crippen molar-refractivity contribution in [3.63, 3.8) is 0 Å². The van der Waals surface area contributed by atoms with Gasteiger partial charge in [0.05, 0.1) is 24.7 Å². The molecule has 2 aliphatic rings. The van der Waals surface area contributed by atoms with E-state index >= 15 is 0 Å². The molecule has 0 radical (unpaired) electrons. The number of hydrogen-bond acceptors (Lipinski definition) is 8. The molecule has 1 unspecified atom stereocenters. The van der Waals surface area contributed by atoms with Crippen molar-refractivity contribution in [1.82, 2.24) is 5.32 Å². The van der Waals surface area contributed by atoms with Crippen LogP contribution in [0.3, 0.4) is 0 Å². The number of thioether (sulfide) groups is 1. The molecular formula is C32H38N2O6S. The second kappa shape index (κ2) is 13.3. The summed E-state index contributed by atoms with van der Waals surface area (Å²) in [4.78, 5) is 23.7. The van der Waals surface area contributed by atoms with Gasteiger partial charge in [0.1, 0.15) is 23.7 Å². The summed E-state index contributed by atoms with van der Waals surface area (Å²) in [5, 5.41) is 10.6. The largest absolute Gasteiger partial charge is 0.493 e. The van der Waals surface area contributed by atoms with E-state index in [9.17, 15) is 9.59 Å². The standard InChI is InChI=1S/C32H38N2O6S/c1-20-21(2)29-24(22(3)28(20)38-16-10-8-6-7-9-15-33)13-14-32(4,40-29)19-39-25-12-11-23(17-26(25)37-5)18-27-30(35)34-31(36)41-27/h11-12,17-18H,6-10,13-14,16,19H2,1-5H3,(H,34,35,36)/b27-18+. The fraction of sp³-hybridized carbons (Fsp3) is 0.469. The molecule has 41 heavy (non-hydrogen) atoms. The topological polar surface area (TPSA) is 107 Å². The van der Waals surface area contributed by atoms with Gasteiger partial charge in [-0.1, -0.05) is 18.9 Å². The number of imide groups is 1. The lowest BCUT2D eigenvalue weighted by atomic mass is 9.87. The number of methoxy groups -OCH3 is 1. The van der Waals surface area contributed by atoms with Crippen molar-refractivity contribution in [3.05, 3.63) is 50.9 Å². The van der Waals surface area contributed by atoms with E-state index in [1.807, 2.05) is 6.07 Å². The molecule has 2 amide bonds. The zero-order valence-corrected chi connectivity index (χ0v) is 25.3. The van der Waals surface area contributed by atoms with Crippen molar-refractivity contribution < 1.29 is 28.5 Å². The molecule has 2 aliphatic heterocycles. The summed E-state index contributed by atoms with van der Waals surface area (Å²) in [6.45, 7) is 9.35. The molecule has 2 heterocycles. The maximum atomic E-state index is 11.9. The average Bonchev–Trinajstić information content (AvgIpc) is 3.27. The second-order valence-electron chi connectivity index (χ2n) is 10.8. The number of nitriles is 1. The first-order valence-corrected chi connectivity index (χ1v) is 14.8. The minimum absolute atomic E-state index is 0.331. The smallest absolute Gasteiger partial charge is 0.290 e. The molecule has 0 aromatic heterocycles. The van der Waals surface area contributed by atoms with Crippen molar-refractivity contribution in [2.45, 2.75) is 78.2 Å². The normalized spacial score (nSPS) is 18.9. The monoisotopic (exact) mass is 578 g/mol. The number of nitrogens with one attached hydrogen (secondary N) is 1. The van der Waals surface area contributed by atoms with E-state index in [-0.39, 0.29) is 5.24 Å². The number of hydrogen-bond donors (Lipinski definition) is 1. The Kier molecular flexibility index (Phi) is 9.87. The van der Waals surface area contributed by atoms with Crippen molar-refractivity contribution in [3.8, 4) is 29.1 Å². The Bertz CT molecular complexity index is 1400. The van der Waals surface area contributed by atoms with Crippen molar-refractivity contribution in [2.75, 3.05) is 20.3 Å². The van der Waals surface area contributed by atoms with Gasteiger partial charge in [-0.15, -0.1) is 0 Å². The Hall–Kier alpha value is -3.64. The van der Waals surface area contributed by atoms with Crippen molar-refractivity contribution in [1.29, 1.82) is 5.26 Å². The number of benzene rings is 2. The van der Waals surface area contributed by atoms with Crippen molar-refractivity contribution >= 4 is 29.0 Å². The first kappa shape index (κ1) is 30.3. The van der Waals surface area contributed by atoms with Crippen LogP contribution in [-0.2, 0) is 11.2 Å². The van der Waals surface area contributed by atoms with Crippen molar-refractivity contribution in [2.24, 2.45) is 0 Å². The molecule has 1 atom stereocenters. The number of nitrogens with zero attached hydrogens (tertiary/aromatic N) is 1. The number of rotatable bonds is 12. The summed E-state index contributed by atoms with van der Waals surface area (Å²) in [6.07, 6.45) is 7.96. The summed E-state index contributed by atoms with van der Waals surface area (Å²) in [5.74, 6) is 2.58. The first-order valence-electron chi connectivity index (χ1n) is 14.0. The van der Waals surface area contributed by atoms with E-state index in [0.29, 0.717) is 36.0 Å². The summed E-state index contributed by atoms with van der Waals surface area (Å²) in [7, 11) is 1.57. The van der Waals surface area contributed by atoms with Crippen LogP contribution in [-0.4, -0.2) is 37.1 Å². The van der Waals surface area contributed by atoms with E-state index in [2.05, 4.69) is 39.1 Å². The van der Waals surface area contributed by atoms with Crippen LogP contribution in [0.25, 0.3) is 6.08 Å². The Balaban J connectivity index is 1.42. The number of fused-ring (bicyclic) bond motifs is 1. The van der Waals surface area contributed by atoms with Gasteiger partial charge in [0.2, 0.25) is 0 Å². The number of carbonyl (C=O) groups is 2. The van der Waals surface area contributed by atoms with Crippen LogP contribution in [0, 0.1) is 32.1 Å². The molecule has 0 aliphatic carbocycles. The highest BCUT2D eigenvalue weighted by Crippen LogP contribution is 2.44. The molecule has 0 saturated carbocycles. The lowest BCUT2D eigenvalue weighted by Gasteiger charge is -2.38. The van der Waals surface area contributed by atoms with Gasteiger partial charge in [-0.05, 0) is 106 Å². The lowest BCUT2D eigenvalue weighted by Crippen LogP contribution is -2.42. The fourth-order valence-corrected chi connectivity index (χ4v) is 5.81. The minimum atomic E-state index is -0.535. The molecule has 8 nitrogen and oxygen atoms in total. The molecule has 2 aromatic rings. The minimum Gasteiger partial charge on any atom is -0.493 e. The SMILES string of the molecule is COc1cc(/C=C2/SC(=O)NC2=O)ccc1OCC1(C)CCc2c(C)c(OCCCCCCC#N)c(C)c(C)c2O1. The summed E-state index contributed by atoms with van der Waals surface area (Å²) in [5.41, 5.74) is 4.71. The second-order valence-corrected chi connectivity index (χ2v) is 11.8. The molecule has 9 heteroatoms. The van der Waals surface area contributed by atoms with Gasteiger partial charge in [0, 0.05) is 12.0 Å². The third-order valence-corrected chi connectivity index (χ3v) is 8.46. The first-order chi connectivity index (χ1) is 19.7. The molecule has 2 aromatic carbocycles. The van der Waals surface area contributed by atoms with E-state index in [4.69, 9.17) is 24.2 Å². The molecule has 0 bridgehead atoms. The highest BCUT2D eigenvalue weighted by atomic mass is 32.2. The van der Waals surface area contributed by atoms with Gasteiger partial charge in [-0.25, -0.2) is 0 Å². The lowest BCUT2D eigenvalue weighted by molar-refractivity contribution is -0.115. The predicted molar refractivity (Wildman–Crippen MR) is 160 cm³/mol. The van der Waals surface area contributed by atoms with E-state index in [0.717, 1.165) is 84.0 Å². The van der Waals surface area contributed by atoms with Gasteiger partial charge in [-0.3, -0.25) is 14.9 Å². The Morgan fingerprint density at radius 1 is 1.07 bits per heavy atom. The predicted octanol–water partition coefficient (Wildman–Crippen LogP) is 6.96. The molecule has 1 saturated heterocycles. The molecule has 1 N–H and O–H groups in total. The van der Waals surface area contributed by atoms with Gasteiger partial charge in [0.25, 0.3) is 11.1 Å². The summed E-state index contributed by atoms with van der Waals surface area (Å²) < 4.78 is 24.7. The molecular weight excluding hydrogens is 540 g/mol. The average molecular weight is 579 g/mol. The number of amides is 2. The van der Waals surface area contributed by atoms with Crippen LogP contribution in [0.2, 0.25) is 0 Å². The van der Waals surface area contributed by atoms with Gasteiger partial charge in [-0.2, -0.15) is 5.26 Å². The number of carbonyl (C=O) groups excluding carboxylic acids is 2. The van der Waals surface area contributed by atoms with E-state index in [1.165, 1.54) is 5.56 Å². The fourth-order valence-electron chi connectivity index (χ4n) is 5.13. The Morgan fingerprint density at radius 3 is 2.56 bits per heavy atom. The van der Waals surface area contributed by atoms with Crippen LogP contribution in [0.15, 0.2) is 23.1 Å². The quantitative estimate of drug-likeness (QED) is 0.213. The molecule has 218 valence electrons. The molecule has 4 rings (SSSR count). The maximum Gasteiger partial charge on any atom is 0.290 e. The van der Waals surface area contributed by atoms with Crippen LogP contribution < -0.4 is 24.3 Å². The Morgan fingerprint density at radius 2 is 1.85 bits per heavy atom. The highest BCUT2D eigenvalue weighted by Gasteiger charge is 2.36. The Labute approximate surface area is 246 Å². The van der Waals surface area contributed by atoms with Gasteiger partial charge in [0.15, 0.2) is 11.5 Å². The number of unbranched alkanes of at least 4 members (excludes halogenated alkanes) is 4. The third-order valence-electron chi connectivity index (χ3n) is 7.65. The molecule has 1 fully saturated rings. The van der Waals surface area contributed by atoms with Crippen LogP contribution in [0.4, 0.5) is 4.79 Å². The molecule has 0 spiro atoms. The summed E-state index contributed by atoms with van der Waals surface area (Å²) >= 11 is 0.877. The van der Waals surface area contributed by atoms with Gasteiger partial charge >= 0.3 is 0 Å². The van der Waals surface area contributed by atoms with Gasteiger partial charge < -0.3 is 18.9 Å². The number of ether oxygens (including phenoxy) is 4. The third kappa shape index (κ3) is 7.17.